The molecule has 1 fully saturated rings. The molecule has 0 amide bonds. The summed E-state index contributed by atoms with van der Waals surface area (Å²) in [6.45, 7) is 0.0849. The highest BCUT2D eigenvalue weighted by Gasteiger charge is 2.40. The summed E-state index contributed by atoms with van der Waals surface area (Å²) in [7, 11) is 1.59. The highest BCUT2D eigenvalue weighted by molar-refractivity contribution is 5.15. The summed E-state index contributed by atoms with van der Waals surface area (Å²) >= 11 is 0. The lowest BCUT2D eigenvalue weighted by Crippen LogP contribution is -2.20. The average molecular weight is 248 g/mol. The number of hydrogen-bond acceptors (Lipinski definition) is 3. The third-order valence-electron chi connectivity index (χ3n) is 3.05. The summed E-state index contributed by atoms with van der Waals surface area (Å²) < 4.78 is 40.0. The van der Waals surface area contributed by atoms with Gasteiger partial charge in [0.25, 0.3) is 0 Å². The Hall–Kier alpha value is -1.11. The second-order valence-electron chi connectivity index (χ2n) is 4.30. The number of nitrogens with zero attached hydrogens (tertiary/aromatic N) is 3. The van der Waals surface area contributed by atoms with Crippen LogP contribution in [0.15, 0.2) is 0 Å². The van der Waals surface area contributed by atoms with E-state index in [0.717, 1.165) is 30.4 Å². The molecule has 0 aliphatic heterocycles. The number of nitrogens with one attached hydrogen (secondary N) is 1. The fourth-order valence-corrected chi connectivity index (χ4v) is 2.31. The number of hydrogen-bond donors (Lipinski definition) is 1. The molecule has 0 bridgehead atoms. The quantitative estimate of drug-likeness (QED) is 0.891. The van der Waals surface area contributed by atoms with Crippen LogP contribution >= 0.6 is 0 Å². The molecule has 2 rings (SSSR count). The van der Waals surface area contributed by atoms with E-state index in [9.17, 15) is 13.2 Å². The Morgan fingerprint density at radius 3 is 2.53 bits per heavy atom. The summed E-state index contributed by atoms with van der Waals surface area (Å²) in [6.07, 6.45) is -0.957. The predicted molar refractivity (Wildman–Crippen MR) is 55.3 cm³/mol. The van der Waals surface area contributed by atoms with Crippen molar-refractivity contribution in [3.8, 4) is 0 Å². The van der Waals surface area contributed by atoms with Gasteiger partial charge >= 0.3 is 6.18 Å². The van der Waals surface area contributed by atoms with Crippen LogP contribution in [-0.2, 0) is 12.7 Å². The molecule has 1 N–H and O–H groups in total. The van der Waals surface area contributed by atoms with E-state index in [1.54, 1.807) is 7.05 Å². The number of halogens is 3. The first-order valence-electron chi connectivity index (χ1n) is 5.70. The van der Waals surface area contributed by atoms with E-state index in [-0.39, 0.29) is 18.3 Å². The Bertz CT molecular complexity index is 379. The molecule has 0 unspecified atom stereocenters. The Labute approximate surface area is 97.2 Å². The summed E-state index contributed by atoms with van der Waals surface area (Å²) in [6, 6.07) is -0.148. The largest absolute Gasteiger partial charge is 0.434 e. The molecule has 4 nitrogen and oxygen atoms in total. The van der Waals surface area contributed by atoms with Gasteiger partial charge in [0.15, 0.2) is 5.69 Å². The molecule has 1 aliphatic rings. The maximum atomic E-state index is 13.0. The fraction of sp³-hybridized carbons (Fsp3) is 0.800. The van der Waals surface area contributed by atoms with Crippen LogP contribution < -0.4 is 5.32 Å². The molecule has 17 heavy (non-hydrogen) atoms. The zero-order chi connectivity index (χ0) is 12.5. The van der Waals surface area contributed by atoms with Gasteiger partial charge in [-0.1, -0.05) is 18.1 Å². The molecule has 0 spiro atoms. The zero-order valence-electron chi connectivity index (χ0n) is 9.59. The van der Waals surface area contributed by atoms with Crippen molar-refractivity contribution in [1.29, 1.82) is 0 Å². The average Bonchev–Trinajstić information content (AvgIpc) is 2.82. The molecule has 1 saturated carbocycles. The summed E-state index contributed by atoms with van der Waals surface area (Å²) in [5.41, 5.74) is -0.717. The van der Waals surface area contributed by atoms with Gasteiger partial charge in [0.2, 0.25) is 0 Å². The van der Waals surface area contributed by atoms with Crippen LogP contribution in [-0.4, -0.2) is 22.0 Å². The fourth-order valence-electron chi connectivity index (χ4n) is 2.31. The van der Waals surface area contributed by atoms with Crippen LogP contribution in [0.1, 0.15) is 43.1 Å². The van der Waals surface area contributed by atoms with E-state index in [4.69, 9.17) is 0 Å². The smallest absolute Gasteiger partial charge is 0.314 e. The van der Waals surface area contributed by atoms with Crippen molar-refractivity contribution in [3.63, 3.8) is 0 Å². The van der Waals surface area contributed by atoms with E-state index in [1.807, 2.05) is 0 Å². The molecule has 1 aliphatic carbocycles. The van der Waals surface area contributed by atoms with Gasteiger partial charge < -0.3 is 5.32 Å². The minimum absolute atomic E-state index is 0.0214. The molecule has 96 valence electrons. The van der Waals surface area contributed by atoms with Crippen molar-refractivity contribution in [2.24, 2.45) is 0 Å². The lowest BCUT2D eigenvalue weighted by Gasteiger charge is -2.15. The van der Waals surface area contributed by atoms with Crippen molar-refractivity contribution < 1.29 is 13.2 Å². The summed E-state index contributed by atoms with van der Waals surface area (Å²) in [4.78, 5) is 0. The Balaban J connectivity index is 2.37. The van der Waals surface area contributed by atoms with Gasteiger partial charge in [-0.2, -0.15) is 13.2 Å². The first-order chi connectivity index (χ1) is 8.04. The van der Waals surface area contributed by atoms with Crippen molar-refractivity contribution in [2.45, 2.75) is 44.4 Å². The minimum atomic E-state index is -4.39. The molecule has 0 aromatic carbocycles. The lowest BCUT2D eigenvalue weighted by molar-refractivity contribution is -0.145. The monoisotopic (exact) mass is 248 g/mol. The summed E-state index contributed by atoms with van der Waals surface area (Å²) in [5.74, 6) is 0. The molecule has 0 radical (unpaired) electrons. The molecular weight excluding hydrogens is 233 g/mol. The number of alkyl halides is 3. The van der Waals surface area contributed by atoms with Gasteiger partial charge in [-0.15, -0.1) is 5.10 Å². The van der Waals surface area contributed by atoms with E-state index in [0.29, 0.717) is 0 Å². The third-order valence-corrected chi connectivity index (χ3v) is 3.05. The van der Waals surface area contributed by atoms with Crippen LogP contribution in [0.5, 0.6) is 0 Å². The molecule has 0 saturated heterocycles. The van der Waals surface area contributed by atoms with Crippen molar-refractivity contribution in [1.82, 2.24) is 20.3 Å². The molecule has 1 heterocycles. The maximum absolute atomic E-state index is 13.0. The normalized spacial score (nSPS) is 17.9. The van der Waals surface area contributed by atoms with Crippen LogP contribution in [0.4, 0.5) is 13.2 Å². The molecule has 1 aromatic heterocycles. The minimum Gasteiger partial charge on any atom is -0.314 e. The highest BCUT2D eigenvalue weighted by Crippen LogP contribution is 2.37. The van der Waals surface area contributed by atoms with Crippen molar-refractivity contribution >= 4 is 0 Å². The molecule has 1 aromatic rings. The van der Waals surface area contributed by atoms with Gasteiger partial charge in [-0.05, 0) is 19.9 Å². The van der Waals surface area contributed by atoms with Crippen LogP contribution in [0, 0.1) is 0 Å². The van der Waals surface area contributed by atoms with E-state index < -0.39 is 11.9 Å². The zero-order valence-corrected chi connectivity index (χ0v) is 9.59. The predicted octanol–water partition coefficient (Wildman–Crippen LogP) is 2.13. The van der Waals surface area contributed by atoms with E-state index in [1.165, 1.54) is 0 Å². The second kappa shape index (κ2) is 4.64. The van der Waals surface area contributed by atoms with Crippen LogP contribution in [0.3, 0.4) is 0 Å². The third kappa shape index (κ3) is 2.43. The maximum Gasteiger partial charge on any atom is 0.434 e. The standard InChI is InChI=1S/C10H15F3N4/c1-14-6-8-9(10(11,12)13)17(16-15-8)7-4-2-3-5-7/h7,14H,2-6H2,1H3. The first-order valence-corrected chi connectivity index (χ1v) is 5.70. The van der Waals surface area contributed by atoms with Crippen molar-refractivity contribution in [2.75, 3.05) is 7.05 Å². The number of aromatic nitrogens is 3. The Morgan fingerprint density at radius 1 is 1.35 bits per heavy atom. The number of rotatable bonds is 3. The van der Waals surface area contributed by atoms with Gasteiger partial charge in [0, 0.05) is 6.54 Å². The summed E-state index contributed by atoms with van der Waals surface area (Å²) in [5, 5.41) is 10.0. The van der Waals surface area contributed by atoms with Gasteiger partial charge in [-0.3, -0.25) is 0 Å². The van der Waals surface area contributed by atoms with Crippen LogP contribution in [0.25, 0.3) is 0 Å². The molecule has 7 heteroatoms. The second-order valence-corrected chi connectivity index (χ2v) is 4.30. The lowest BCUT2D eigenvalue weighted by atomic mass is 10.2. The Morgan fingerprint density at radius 2 is 2.00 bits per heavy atom. The van der Waals surface area contributed by atoms with E-state index in [2.05, 4.69) is 15.6 Å². The SMILES string of the molecule is CNCc1nnn(C2CCCC2)c1C(F)(F)F. The highest BCUT2D eigenvalue weighted by atomic mass is 19.4. The molecular formula is C10H15F3N4. The van der Waals surface area contributed by atoms with Gasteiger partial charge in [0.1, 0.15) is 5.69 Å². The first kappa shape index (κ1) is 12.3. The van der Waals surface area contributed by atoms with E-state index >= 15 is 0 Å². The van der Waals surface area contributed by atoms with Gasteiger partial charge in [-0.25, -0.2) is 4.68 Å². The van der Waals surface area contributed by atoms with Gasteiger partial charge in [0.05, 0.1) is 6.04 Å². The van der Waals surface area contributed by atoms with Crippen LogP contribution in [0.2, 0.25) is 0 Å². The Kier molecular flexibility index (Phi) is 3.37. The molecule has 0 atom stereocenters. The van der Waals surface area contributed by atoms with Crippen molar-refractivity contribution in [3.05, 3.63) is 11.4 Å². The topological polar surface area (TPSA) is 42.7 Å².